The second-order valence-electron chi connectivity index (χ2n) is 5.48. The van der Waals surface area contributed by atoms with Gasteiger partial charge in [-0.15, -0.1) is 0 Å². The first-order valence-electron chi connectivity index (χ1n) is 6.80. The van der Waals surface area contributed by atoms with Gasteiger partial charge in [0.05, 0.1) is 5.75 Å². The molecule has 1 N–H and O–H groups in total. The summed E-state index contributed by atoms with van der Waals surface area (Å²) < 4.78 is 30.5. The van der Waals surface area contributed by atoms with Crippen LogP contribution in [0.4, 0.5) is 0 Å². The average molecular weight is 378 g/mol. The molecule has 1 saturated heterocycles. The third kappa shape index (κ3) is 2.47. The van der Waals surface area contributed by atoms with E-state index in [1.807, 2.05) is 0 Å². The molecule has 3 rings (SSSR count). The fourth-order valence-corrected chi connectivity index (χ4v) is 4.79. The van der Waals surface area contributed by atoms with E-state index < -0.39 is 27.2 Å². The molecule has 1 unspecified atom stereocenters. The summed E-state index contributed by atoms with van der Waals surface area (Å²) in [5.74, 6) is -1.87. The smallest absolute Gasteiger partial charge is 0.252 e. The molecule has 1 atom stereocenters. The maximum absolute atomic E-state index is 12.5. The lowest BCUT2D eigenvalue weighted by Gasteiger charge is -2.26. The molecular weight excluding hydrogens is 365 g/mol. The number of aliphatic hydroxyl groups is 1. The minimum Gasteiger partial charge on any atom is -0.501 e. The first-order valence-corrected chi connectivity index (χ1v) is 9.16. The van der Waals surface area contributed by atoms with Gasteiger partial charge in [-0.05, 0) is 25.5 Å². The number of hydrogen-bond donors (Lipinski definition) is 1. The second-order valence-corrected chi connectivity index (χ2v) is 8.34. The third-order valence-electron chi connectivity index (χ3n) is 3.92. The number of hydrogen-bond acceptors (Lipinski definition) is 5. The van der Waals surface area contributed by atoms with Gasteiger partial charge < -0.3 is 9.84 Å². The van der Waals surface area contributed by atoms with Gasteiger partial charge in [-0.2, -0.15) is 0 Å². The molecule has 2 heterocycles. The Balaban J connectivity index is 2.04. The van der Waals surface area contributed by atoms with Crippen molar-refractivity contribution >= 4 is 39.0 Å². The van der Waals surface area contributed by atoms with E-state index >= 15 is 0 Å². The largest absolute Gasteiger partial charge is 0.501 e. The summed E-state index contributed by atoms with van der Waals surface area (Å²) in [4.78, 5) is 12.5. The Morgan fingerprint density at radius 1 is 1.35 bits per heavy atom. The van der Waals surface area contributed by atoms with Gasteiger partial charge >= 0.3 is 0 Å². The van der Waals surface area contributed by atoms with Crippen molar-refractivity contribution in [3.05, 3.63) is 45.5 Å². The van der Waals surface area contributed by atoms with Crippen LogP contribution in [0.2, 0.25) is 10.0 Å². The number of Topliss-reactive ketones (excluding diaryl/α,β-unsaturated/α-hetero) is 1. The molecule has 0 amide bonds. The van der Waals surface area contributed by atoms with Crippen LogP contribution in [0.25, 0.3) is 0 Å². The van der Waals surface area contributed by atoms with Crippen molar-refractivity contribution < 1.29 is 23.1 Å². The highest BCUT2D eigenvalue weighted by molar-refractivity contribution is 7.89. The average Bonchev–Trinajstić information content (AvgIpc) is 2.91. The lowest BCUT2D eigenvalue weighted by molar-refractivity contribution is -0.132. The van der Waals surface area contributed by atoms with E-state index in [4.69, 9.17) is 27.9 Å². The number of aliphatic hydroxyl groups excluding tert-OH is 1. The Bertz CT molecular complexity index is 836. The lowest BCUT2D eigenvalue weighted by Crippen LogP contribution is -2.33. The quantitative estimate of drug-likeness (QED) is 0.855. The first kappa shape index (κ1) is 16.4. The van der Waals surface area contributed by atoms with Gasteiger partial charge in [0.2, 0.25) is 21.4 Å². The Morgan fingerprint density at radius 3 is 2.61 bits per heavy atom. The van der Waals surface area contributed by atoms with E-state index in [2.05, 4.69) is 0 Å². The summed E-state index contributed by atoms with van der Waals surface area (Å²) >= 11 is 12.0. The van der Waals surface area contributed by atoms with Crippen molar-refractivity contribution in [3.63, 3.8) is 0 Å². The lowest BCUT2D eigenvalue weighted by atomic mass is 9.91. The van der Waals surface area contributed by atoms with Crippen molar-refractivity contribution in [2.75, 3.05) is 12.3 Å². The van der Waals surface area contributed by atoms with Gasteiger partial charge in [-0.25, -0.2) is 12.7 Å². The van der Waals surface area contributed by atoms with Gasteiger partial charge in [-0.3, -0.25) is 4.79 Å². The molecule has 6 nitrogen and oxygen atoms in total. The number of rotatable bonds is 2. The maximum atomic E-state index is 12.5. The molecule has 0 aliphatic carbocycles. The van der Waals surface area contributed by atoms with E-state index in [0.29, 0.717) is 17.0 Å². The fraction of sp³-hybridized carbons (Fsp3) is 0.357. The van der Waals surface area contributed by atoms with E-state index in [1.54, 1.807) is 0 Å². The minimum absolute atomic E-state index is 0.0558. The molecule has 2 aliphatic heterocycles. The Kier molecular flexibility index (Phi) is 3.78. The van der Waals surface area contributed by atoms with Gasteiger partial charge in [-0.1, -0.05) is 29.3 Å². The molecule has 9 heteroatoms. The number of carbonyl (C=O) groups is 1. The van der Waals surface area contributed by atoms with E-state index in [0.717, 1.165) is 4.31 Å². The van der Waals surface area contributed by atoms with Gasteiger partial charge in [0.25, 0.3) is 11.7 Å². The SMILES string of the molecule is CC1(c2ccc(Cl)cc2Cl)OC(N2CCCS2(=O)=O)=C(O)C1=O. The predicted octanol–water partition coefficient (Wildman–Crippen LogP) is 2.57. The first-order chi connectivity index (χ1) is 10.7. The molecule has 2 aliphatic rings. The molecule has 0 radical (unpaired) electrons. The van der Waals surface area contributed by atoms with Crippen molar-refractivity contribution in [1.29, 1.82) is 0 Å². The van der Waals surface area contributed by atoms with Crippen LogP contribution in [0.15, 0.2) is 29.8 Å². The van der Waals surface area contributed by atoms with Crippen LogP contribution in [0.3, 0.4) is 0 Å². The van der Waals surface area contributed by atoms with Crippen molar-refractivity contribution in [2.24, 2.45) is 0 Å². The summed E-state index contributed by atoms with van der Waals surface area (Å²) in [6.07, 6.45) is 0.398. The topological polar surface area (TPSA) is 83.9 Å². The number of ketones is 1. The molecule has 0 spiro atoms. The molecule has 0 bridgehead atoms. The zero-order chi connectivity index (χ0) is 17.0. The van der Waals surface area contributed by atoms with Crippen LogP contribution < -0.4 is 0 Å². The molecule has 1 aromatic rings. The molecular formula is C14H13Cl2NO5S. The molecule has 0 saturated carbocycles. The zero-order valence-electron chi connectivity index (χ0n) is 12.0. The van der Waals surface area contributed by atoms with Crippen molar-refractivity contribution in [1.82, 2.24) is 4.31 Å². The number of halogens is 2. The van der Waals surface area contributed by atoms with E-state index in [-0.39, 0.29) is 23.2 Å². The second kappa shape index (κ2) is 5.29. The highest BCUT2D eigenvalue weighted by Crippen LogP contribution is 2.43. The predicted molar refractivity (Wildman–Crippen MR) is 84.7 cm³/mol. The zero-order valence-corrected chi connectivity index (χ0v) is 14.4. The van der Waals surface area contributed by atoms with E-state index in [9.17, 15) is 18.3 Å². The molecule has 0 aromatic heterocycles. The molecule has 1 aromatic carbocycles. The molecule has 124 valence electrons. The van der Waals surface area contributed by atoms with E-state index in [1.165, 1.54) is 25.1 Å². The summed E-state index contributed by atoms with van der Waals surface area (Å²) in [6, 6.07) is 4.49. The number of ether oxygens (including phenoxy) is 1. The van der Waals surface area contributed by atoms with Crippen LogP contribution >= 0.6 is 23.2 Å². The van der Waals surface area contributed by atoms with Gasteiger partial charge in [0.15, 0.2) is 0 Å². The number of sulfonamides is 1. The molecule has 23 heavy (non-hydrogen) atoms. The molecule has 1 fully saturated rings. The standard InChI is InChI=1S/C14H13Cl2NO5S/c1-14(9-4-3-8(15)7-10(9)16)12(19)11(18)13(22-14)17-5-2-6-23(17,20)21/h3-4,7,18H,2,5-6H2,1H3. The van der Waals surface area contributed by atoms with Crippen molar-refractivity contribution in [2.45, 2.75) is 18.9 Å². The minimum atomic E-state index is -3.59. The van der Waals surface area contributed by atoms with Crippen LogP contribution in [0.5, 0.6) is 0 Å². The Labute approximate surface area is 143 Å². The van der Waals surface area contributed by atoms with Crippen molar-refractivity contribution in [3.8, 4) is 0 Å². The summed E-state index contributed by atoms with van der Waals surface area (Å²) in [7, 11) is -3.59. The van der Waals surface area contributed by atoms with Crippen LogP contribution in [0, 0.1) is 0 Å². The Hall–Kier alpha value is -1.44. The summed E-state index contributed by atoms with van der Waals surface area (Å²) in [6.45, 7) is 1.58. The summed E-state index contributed by atoms with van der Waals surface area (Å²) in [5, 5.41) is 10.7. The van der Waals surface area contributed by atoms with Crippen LogP contribution in [0.1, 0.15) is 18.9 Å². The number of nitrogens with zero attached hydrogens (tertiary/aromatic N) is 1. The fourth-order valence-electron chi connectivity index (χ4n) is 2.70. The maximum Gasteiger partial charge on any atom is 0.252 e. The van der Waals surface area contributed by atoms with Crippen LogP contribution in [-0.2, 0) is 25.2 Å². The monoisotopic (exact) mass is 377 g/mol. The summed E-state index contributed by atoms with van der Waals surface area (Å²) in [5.41, 5.74) is -1.31. The normalized spacial score (nSPS) is 26.7. The Morgan fingerprint density at radius 2 is 2.04 bits per heavy atom. The van der Waals surface area contributed by atoms with Gasteiger partial charge in [0, 0.05) is 22.2 Å². The van der Waals surface area contributed by atoms with Crippen LogP contribution in [-0.4, -0.2) is 35.9 Å². The highest BCUT2D eigenvalue weighted by atomic mass is 35.5. The number of carbonyl (C=O) groups excluding carboxylic acids is 1. The van der Waals surface area contributed by atoms with Gasteiger partial charge in [0.1, 0.15) is 0 Å². The third-order valence-corrected chi connectivity index (χ3v) is 6.29. The highest BCUT2D eigenvalue weighted by Gasteiger charge is 2.52. The number of benzene rings is 1.